The molecule has 2 aliphatic heterocycles. The normalized spacial score (nSPS) is 21.4. The molecule has 4 heterocycles. The van der Waals surface area contributed by atoms with E-state index in [1.165, 1.54) is 11.3 Å². The van der Waals surface area contributed by atoms with Gasteiger partial charge in [-0.05, 0) is 25.0 Å². The number of thiazole rings is 1. The van der Waals surface area contributed by atoms with Crippen LogP contribution in [0.4, 0.5) is 10.8 Å². The molecule has 2 saturated heterocycles. The number of piperazine rings is 1. The number of hydrogen-bond acceptors (Lipinski definition) is 7. The van der Waals surface area contributed by atoms with E-state index in [0.29, 0.717) is 46.3 Å². The number of oxazole rings is 1. The first-order chi connectivity index (χ1) is 13.5. The molecule has 144 valence electrons. The van der Waals surface area contributed by atoms with E-state index in [-0.39, 0.29) is 12.1 Å². The predicted molar refractivity (Wildman–Crippen MR) is 103 cm³/mol. The highest BCUT2D eigenvalue weighted by Crippen LogP contribution is 2.37. The van der Waals surface area contributed by atoms with Gasteiger partial charge >= 0.3 is 6.09 Å². The molecule has 2 aromatic heterocycles. The van der Waals surface area contributed by atoms with Gasteiger partial charge in [-0.15, -0.1) is 11.3 Å². The average molecular weight is 399 g/mol. The molecule has 2 fully saturated rings. The Morgan fingerprint density at radius 2 is 2.00 bits per heavy atom. The van der Waals surface area contributed by atoms with Gasteiger partial charge in [0.2, 0.25) is 5.91 Å². The highest BCUT2D eigenvalue weighted by atomic mass is 32.1. The fourth-order valence-corrected chi connectivity index (χ4v) is 4.84. The second-order valence-electron chi connectivity index (χ2n) is 7.05. The third kappa shape index (κ3) is 2.60. The summed E-state index contributed by atoms with van der Waals surface area (Å²) in [5.41, 5.74) is 7.57. The van der Waals surface area contributed by atoms with E-state index in [0.717, 1.165) is 12.8 Å². The van der Waals surface area contributed by atoms with Crippen LogP contribution in [-0.2, 0) is 0 Å². The summed E-state index contributed by atoms with van der Waals surface area (Å²) in [4.78, 5) is 35.7. The first kappa shape index (κ1) is 17.0. The van der Waals surface area contributed by atoms with Crippen LogP contribution in [0.2, 0.25) is 0 Å². The van der Waals surface area contributed by atoms with Crippen LogP contribution in [0.15, 0.2) is 28.1 Å². The molecule has 2 unspecified atom stereocenters. The third-order valence-corrected chi connectivity index (χ3v) is 6.21. The fourth-order valence-electron chi connectivity index (χ4n) is 4.19. The number of primary amides is 1. The number of nitrogens with zero attached hydrogens (tertiary/aromatic N) is 4. The van der Waals surface area contributed by atoms with Gasteiger partial charge < -0.3 is 20.2 Å². The lowest BCUT2D eigenvalue weighted by Gasteiger charge is -2.38. The van der Waals surface area contributed by atoms with Gasteiger partial charge in [-0.3, -0.25) is 9.69 Å². The quantitative estimate of drug-likeness (QED) is 0.692. The summed E-state index contributed by atoms with van der Waals surface area (Å²) < 4.78 is 6.08. The zero-order valence-electron chi connectivity index (χ0n) is 14.7. The Bertz CT molecular complexity index is 1070. The van der Waals surface area contributed by atoms with Crippen molar-refractivity contribution in [3.63, 3.8) is 0 Å². The van der Waals surface area contributed by atoms with Gasteiger partial charge in [0.1, 0.15) is 10.5 Å². The molecule has 28 heavy (non-hydrogen) atoms. The Morgan fingerprint density at radius 3 is 2.61 bits per heavy atom. The molecule has 2 atom stereocenters. The van der Waals surface area contributed by atoms with Gasteiger partial charge in [-0.2, -0.15) is 4.98 Å². The minimum Gasteiger partial charge on any atom is -0.465 e. The van der Waals surface area contributed by atoms with Crippen molar-refractivity contribution < 1.29 is 19.1 Å². The van der Waals surface area contributed by atoms with Crippen molar-refractivity contribution in [2.45, 2.75) is 24.9 Å². The molecule has 9 nitrogen and oxygen atoms in total. The lowest BCUT2D eigenvalue weighted by atomic mass is 10.1. The fraction of sp³-hybridized carbons (Fsp3) is 0.333. The molecule has 0 radical (unpaired) electrons. The second kappa shape index (κ2) is 6.20. The van der Waals surface area contributed by atoms with Crippen LogP contribution in [0.1, 0.15) is 23.2 Å². The zero-order chi connectivity index (χ0) is 19.4. The Kier molecular flexibility index (Phi) is 3.76. The number of rotatable bonds is 3. The van der Waals surface area contributed by atoms with Crippen molar-refractivity contribution in [1.82, 2.24) is 14.9 Å². The maximum atomic E-state index is 11.7. The molecule has 10 heteroatoms. The summed E-state index contributed by atoms with van der Waals surface area (Å²) in [7, 11) is 0. The van der Waals surface area contributed by atoms with E-state index < -0.39 is 12.0 Å². The first-order valence-corrected chi connectivity index (χ1v) is 9.79. The largest absolute Gasteiger partial charge is 0.465 e. The number of aromatic nitrogens is 2. The molecule has 2 bridgehead atoms. The Hall–Kier alpha value is -3.14. The van der Waals surface area contributed by atoms with E-state index in [9.17, 15) is 14.7 Å². The molecule has 2 aliphatic rings. The lowest BCUT2D eigenvalue weighted by molar-refractivity contribution is 0.1000. The van der Waals surface area contributed by atoms with Crippen molar-refractivity contribution >= 4 is 40.5 Å². The minimum atomic E-state index is -0.873. The lowest BCUT2D eigenvalue weighted by Crippen LogP contribution is -2.55. The summed E-state index contributed by atoms with van der Waals surface area (Å²) in [6.45, 7) is 1.07. The number of carboxylic acid groups (broad SMARTS) is 1. The number of carbonyl (C=O) groups is 2. The van der Waals surface area contributed by atoms with Crippen LogP contribution in [0.3, 0.4) is 0 Å². The highest BCUT2D eigenvalue weighted by Gasteiger charge is 2.43. The number of amides is 2. The Labute approximate surface area is 163 Å². The van der Waals surface area contributed by atoms with Crippen molar-refractivity contribution in [3.8, 4) is 10.6 Å². The zero-order valence-corrected chi connectivity index (χ0v) is 15.6. The first-order valence-electron chi connectivity index (χ1n) is 8.91. The van der Waals surface area contributed by atoms with E-state index in [1.54, 1.807) is 23.2 Å². The van der Waals surface area contributed by atoms with Crippen molar-refractivity contribution in [1.29, 1.82) is 0 Å². The summed E-state index contributed by atoms with van der Waals surface area (Å²) in [6.07, 6.45) is 2.48. The van der Waals surface area contributed by atoms with Crippen LogP contribution in [-0.4, -0.2) is 57.1 Å². The molecule has 0 aliphatic carbocycles. The second-order valence-corrected chi connectivity index (χ2v) is 7.94. The van der Waals surface area contributed by atoms with Crippen molar-refractivity contribution in [2.75, 3.05) is 18.0 Å². The molecule has 0 saturated carbocycles. The number of fused-ring (bicyclic) bond motifs is 3. The van der Waals surface area contributed by atoms with E-state index >= 15 is 0 Å². The monoisotopic (exact) mass is 399 g/mol. The summed E-state index contributed by atoms with van der Waals surface area (Å²) in [5, 5.41) is 12.0. The SMILES string of the molecule is NC(=O)c1cc(-c2nccs2)c2oc(N3CC4CCC(C3)N4C(=O)O)nc2c1. The highest BCUT2D eigenvalue weighted by molar-refractivity contribution is 7.13. The number of anilines is 1. The van der Waals surface area contributed by atoms with E-state index in [1.807, 2.05) is 10.3 Å². The smallest absolute Gasteiger partial charge is 0.407 e. The van der Waals surface area contributed by atoms with E-state index in [2.05, 4.69) is 9.97 Å². The third-order valence-electron chi connectivity index (χ3n) is 5.40. The Morgan fingerprint density at radius 1 is 1.25 bits per heavy atom. The predicted octanol–water partition coefficient (Wildman–Crippen LogP) is 2.38. The standard InChI is InChI=1S/C18H17N5O4S/c19-15(24)9-5-12(16-20-3-4-28-16)14-13(6-9)21-17(27-14)22-7-10-1-2-11(8-22)23(10)18(25)26/h3-6,10-11H,1-2,7-8H2,(H2,19,24)(H,25,26). The molecule has 3 N–H and O–H groups in total. The van der Waals surface area contributed by atoms with Crippen LogP contribution in [0, 0.1) is 0 Å². The van der Waals surface area contributed by atoms with Crippen molar-refractivity contribution in [3.05, 3.63) is 29.3 Å². The van der Waals surface area contributed by atoms with Gasteiger partial charge in [0, 0.05) is 30.2 Å². The van der Waals surface area contributed by atoms with Crippen LogP contribution in [0.5, 0.6) is 0 Å². The Balaban J connectivity index is 1.56. The molecule has 5 rings (SSSR count). The maximum Gasteiger partial charge on any atom is 0.407 e. The summed E-state index contributed by atoms with van der Waals surface area (Å²) in [5.74, 6) is -0.544. The van der Waals surface area contributed by atoms with Gasteiger partial charge in [0.15, 0.2) is 5.58 Å². The number of carbonyl (C=O) groups excluding carboxylic acids is 1. The topological polar surface area (TPSA) is 126 Å². The number of nitrogens with two attached hydrogens (primary N) is 1. The summed E-state index contributed by atoms with van der Waals surface area (Å²) >= 11 is 1.43. The van der Waals surface area contributed by atoms with Crippen molar-refractivity contribution in [2.24, 2.45) is 5.73 Å². The van der Waals surface area contributed by atoms with Gasteiger partial charge in [0.05, 0.1) is 17.6 Å². The van der Waals surface area contributed by atoms with Gasteiger partial charge in [0.25, 0.3) is 6.01 Å². The number of benzene rings is 1. The molecular weight excluding hydrogens is 382 g/mol. The van der Waals surface area contributed by atoms with Gasteiger partial charge in [-0.1, -0.05) is 0 Å². The molecule has 2 amide bonds. The summed E-state index contributed by atoms with van der Waals surface area (Å²) in [6, 6.07) is 3.59. The van der Waals surface area contributed by atoms with Crippen LogP contribution in [0.25, 0.3) is 21.7 Å². The van der Waals surface area contributed by atoms with Crippen LogP contribution >= 0.6 is 11.3 Å². The molecule has 1 aromatic carbocycles. The molecule has 0 spiro atoms. The van der Waals surface area contributed by atoms with E-state index in [4.69, 9.17) is 10.2 Å². The average Bonchev–Trinajstić information content (AvgIpc) is 3.38. The molecular formula is C18H17N5O4S. The minimum absolute atomic E-state index is 0.0640. The van der Waals surface area contributed by atoms with Crippen LogP contribution < -0.4 is 10.6 Å². The number of hydrogen-bond donors (Lipinski definition) is 2. The van der Waals surface area contributed by atoms with Gasteiger partial charge in [-0.25, -0.2) is 9.78 Å². The molecule has 3 aromatic rings. The maximum absolute atomic E-state index is 11.7.